The Morgan fingerprint density at radius 1 is 1.08 bits per heavy atom. The molecule has 1 fully saturated rings. The minimum atomic E-state index is -0.0522. The van der Waals surface area contributed by atoms with E-state index in [4.69, 9.17) is 10.5 Å². The maximum absolute atomic E-state index is 6.22. The third kappa shape index (κ3) is 3.32. The number of ether oxygens (including phenoxy) is 1. The smallest absolute Gasteiger partial charge is 0.208 e. The quantitative estimate of drug-likeness (QED) is 0.777. The van der Waals surface area contributed by atoms with Gasteiger partial charge in [-0.25, -0.2) is 0 Å². The van der Waals surface area contributed by atoms with Crippen molar-refractivity contribution in [3.05, 3.63) is 36.4 Å². The van der Waals surface area contributed by atoms with Crippen LogP contribution < -0.4 is 15.4 Å². The molecule has 130 valence electrons. The van der Waals surface area contributed by atoms with Gasteiger partial charge in [0, 0.05) is 24.2 Å². The molecular formula is C19H22N4OS. The van der Waals surface area contributed by atoms with Crippen molar-refractivity contribution in [3.63, 3.8) is 0 Å². The summed E-state index contributed by atoms with van der Waals surface area (Å²) in [6, 6.07) is 12.5. The van der Waals surface area contributed by atoms with E-state index in [0.717, 1.165) is 52.8 Å². The normalized spacial score (nSPS) is 17.0. The van der Waals surface area contributed by atoms with Crippen molar-refractivity contribution >= 4 is 27.2 Å². The van der Waals surface area contributed by atoms with Gasteiger partial charge in [-0.15, -0.1) is 10.2 Å². The highest BCUT2D eigenvalue weighted by Gasteiger charge is 2.27. The van der Waals surface area contributed by atoms with E-state index in [0.29, 0.717) is 0 Å². The van der Waals surface area contributed by atoms with Crippen molar-refractivity contribution in [3.8, 4) is 16.3 Å². The first-order valence-corrected chi connectivity index (χ1v) is 9.31. The fraction of sp³-hybridized carbons (Fsp3) is 0.368. The lowest BCUT2D eigenvalue weighted by Gasteiger charge is -2.36. The first-order valence-electron chi connectivity index (χ1n) is 8.50. The zero-order chi connectivity index (χ0) is 17.4. The number of fused-ring (bicyclic) bond motifs is 1. The number of methoxy groups -OCH3 is 1. The van der Waals surface area contributed by atoms with Gasteiger partial charge in [0.2, 0.25) is 5.13 Å². The molecule has 0 amide bonds. The predicted molar refractivity (Wildman–Crippen MR) is 103 cm³/mol. The van der Waals surface area contributed by atoms with Gasteiger partial charge in [0.1, 0.15) is 10.8 Å². The van der Waals surface area contributed by atoms with Crippen LogP contribution in [0.5, 0.6) is 5.75 Å². The first-order chi connectivity index (χ1) is 12.0. The minimum Gasteiger partial charge on any atom is -0.497 e. The Hall–Kier alpha value is -2.18. The fourth-order valence-electron chi connectivity index (χ4n) is 3.15. The van der Waals surface area contributed by atoms with Gasteiger partial charge in [0.05, 0.1) is 7.11 Å². The Morgan fingerprint density at radius 2 is 1.80 bits per heavy atom. The Balaban J connectivity index is 1.58. The van der Waals surface area contributed by atoms with E-state index >= 15 is 0 Å². The van der Waals surface area contributed by atoms with E-state index in [1.54, 1.807) is 18.4 Å². The van der Waals surface area contributed by atoms with Gasteiger partial charge in [-0.3, -0.25) is 0 Å². The molecule has 1 aromatic heterocycles. The van der Waals surface area contributed by atoms with Crippen LogP contribution in [0.2, 0.25) is 0 Å². The van der Waals surface area contributed by atoms with Gasteiger partial charge in [-0.05, 0) is 48.7 Å². The van der Waals surface area contributed by atoms with Crippen molar-refractivity contribution in [1.82, 2.24) is 10.2 Å². The summed E-state index contributed by atoms with van der Waals surface area (Å²) in [5, 5.41) is 13.1. The van der Waals surface area contributed by atoms with E-state index in [1.807, 2.05) is 12.1 Å². The van der Waals surface area contributed by atoms with Gasteiger partial charge in [0.15, 0.2) is 0 Å². The topological polar surface area (TPSA) is 64.3 Å². The second-order valence-corrected chi connectivity index (χ2v) is 7.91. The van der Waals surface area contributed by atoms with Crippen LogP contribution in [0.3, 0.4) is 0 Å². The van der Waals surface area contributed by atoms with Crippen LogP contribution in [0.4, 0.5) is 5.13 Å². The van der Waals surface area contributed by atoms with E-state index in [2.05, 4.69) is 46.3 Å². The number of hydrogen-bond acceptors (Lipinski definition) is 6. The van der Waals surface area contributed by atoms with Crippen LogP contribution in [0.1, 0.15) is 19.8 Å². The maximum Gasteiger partial charge on any atom is 0.208 e. The molecule has 0 saturated carbocycles. The van der Waals surface area contributed by atoms with Gasteiger partial charge in [0.25, 0.3) is 0 Å². The second kappa shape index (κ2) is 6.28. The van der Waals surface area contributed by atoms with Crippen LogP contribution in [0, 0.1) is 0 Å². The minimum absolute atomic E-state index is 0.0522. The van der Waals surface area contributed by atoms with Gasteiger partial charge >= 0.3 is 0 Å². The first kappa shape index (κ1) is 16.3. The summed E-state index contributed by atoms with van der Waals surface area (Å²) in [6.45, 7) is 4.01. The van der Waals surface area contributed by atoms with Crippen molar-refractivity contribution in [2.24, 2.45) is 5.73 Å². The second-order valence-electron chi connectivity index (χ2n) is 6.96. The van der Waals surface area contributed by atoms with Crippen molar-refractivity contribution in [2.45, 2.75) is 25.3 Å². The number of anilines is 1. The molecule has 0 unspecified atom stereocenters. The Kier molecular flexibility index (Phi) is 4.09. The summed E-state index contributed by atoms with van der Waals surface area (Å²) in [7, 11) is 1.69. The highest BCUT2D eigenvalue weighted by molar-refractivity contribution is 7.18. The predicted octanol–water partition coefficient (Wildman–Crippen LogP) is 3.68. The monoisotopic (exact) mass is 354 g/mol. The number of piperidine rings is 1. The molecule has 4 rings (SSSR count). The molecule has 2 N–H and O–H groups in total. The Morgan fingerprint density at radius 3 is 2.56 bits per heavy atom. The van der Waals surface area contributed by atoms with Crippen molar-refractivity contribution in [1.29, 1.82) is 0 Å². The molecule has 0 bridgehead atoms. The van der Waals surface area contributed by atoms with E-state index in [-0.39, 0.29) is 5.54 Å². The van der Waals surface area contributed by atoms with Crippen LogP contribution in [-0.2, 0) is 0 Å². The molecule has 0 atom stereocenters. The lowest BCUT2D eigenvalue weighted by molar-refractivity contribution is 0.364. The summed E-state index contributed by atoms with van der Waals surface area (Å²) in [6.07, 6.45) is 1.97. The number of hydrogen-bond donors (Lipinski definition) is 1. The molecular weight excluding hydrogens is 332 g/mol. The summed E-state index contributed by atoms with van der Waals surface area (Å²) in [5.74, 6) is 0.871. The highest BCUT2D eigenvalue weighted by atomic mass is 32.1. The third-order valence-electron chi connectivity index (χ3n) is 4.88. The summed E-state index contributed by atoms with van der Waals surface area (Å²) in [5.41, 5.74) is 7.27. The van der Waals surface area contributed by atoms with Crippen molar-refractivity contribution < 1.29 is 4.74 Å². The SMILES string of the molecule is COc1ccc2cc(-c3nnc(N4CCC(C)(N)CC4)s3)ccc2c1. The third-order valence-corrected chi connectivity index (χ3v) is 5.92. The lowest BCUT2D eigenvalue weighted by atomic mass is 9.91. The fourth-order valence-corrected chi connectivity index (χ4v) is 4.05. The van der Waals surface area contributed by atoms with E-state index < -0.39 is 0 Å². The zero-order valence-electron chi connectivity index (χ0n) is 14.5. The number of nitrogens with two attached hydrogens (primary N) is 1. The van der Waals surface area contributed by atoms with Gasteiger partial charge in [-0.1, -0.05) is 29.5 Å². The average molecular weight is 354 g/mol. The van der Waals surface area contributed by atoms with Crippen LogP contribution in [-0.4, -0.2) is 35.9 Å². The summed E-state index contributed by atoms with van der Waals surface area (Å²) in [4.78, 5) is 2.29. The average Bonchev–Trinajstić information content (AvgIpc) is 3.11. The maximum atomic E-state index is 6.22. The molecule has 5 nitrogen and oxygen atoms in total. The number of rotatable bonds is 3. The molecule has 1 aliphatic heterocycles. The number of nitrogens with zero attached hydrogens (tertiary/aromatic N) is 3. The number of aromatic nitrogens is 2. The molecule has 1 aliphatic rings. The number of benzene rings is 2. The van der Waals surface area contributed by atoms with Crippen molar-refractivity contribution in [2.75, 3.05) is 25.1 Å². The summed E-state index contributed by atoms with van der Waals surface area (Å²) < 4.78 is 5.29. The molecule has 1 saturated heterocycles. The van der Waals surface area contributed by atoms with E-state index in [9.17, 15) is 0 Å². The Labute approximate surface area is 151 Å². The van der Waals surface area contributed by atoms with Gasteiger partial charge in [-0.2, -0.15) is 0 Å². The van der Waals surface area contributed by atoms with Crippen LogP contribution in [0.25, 0.3) is 21.3 Å². The molecule has 0 spiro atoms. The molecule has 0 radical (unpaired) electrons. The highest BCUT2D eigenvalue weighted by Crippen LogP contribution is 2.33. The van der Waals surface area contributed by atoms with Gasteiger partial charge < -0.3 is 15.4 Å². The molecule has 6 heteroatoms. The molecule has 2 aromatic carbocycles. The zero-order valence-corrected chi connectivity index (χ0v) is 15.3. The molecule has 3 aromatic rings. The molecule has 2 heterocycles. The lowest BCUT2D eigenvalue weighted by Crippen LogP contribution is -2.48. The summed E-state index contributed by atoms with van der Waals surface area (Å²) >= 11 is 1.65. The van der Waals surface area contributed by atoms with Crippen LogP contribution >= 0.6 is 11.3 Å². The van der Waals surface area contributed by atoms with Crippen LogP contribution in [0.15, 0.2) is 36.4 Å². The molecule has 25 heavy (non-hydrogen) atoms. The molecule has 0 aliphatic carbocycles. The standard InChI is InChI=1S/C19H22N4OS/c1-19(20)7-9-23(10-8-19)18-22-21-17(25-18)15-4-3-14-12-16(24-2)6-5-13(14)11-15/h3-6,11-12H,7-10,20H2,1-2H3. The Bertz CT molecular complexity index is 895. The largest absolute Gasteiger partial charge is 0.497 e. The van der Waals surface area contributed by atoms with E-state index in [1.165, 1.54) is 5.39 Å².